The largest absolute Gasteiger partial charge is 0.352 e. The van der Waals surface area contributed by atoms with E-state index < -0.39 is 5.82 Å². The van der Waals surface area contributed by atoms with Gasteiger partial charge in [0, 0.05) is 23.2 Å². The molecule has 1 amide bonds. The lowest BCUT2D eigenvalue weighted by atomic mass is 10.1. The van der Waals surface area contributed by atoms with Crippen LogP contribution in [0.3, 0.4) is 0 Å². The molecule has 1 heterocycles. The van der Waals surface area contributed by atoms with E-state index in [1.165, 1.54) is 12.1 Å². The summed E-state index contributed by atoms with van der Waals surface area (Å²) in [7, 11) is 0. The lowest BCUT2D eigenvalue weighted by molar-refractivity contribution is -0.121. The van der Waals surface area contributed by atoms with Gasteiger partial charge in [0.05, 0.1) is 6.42 Å². The molecule has 1 aromatic rings. The summed E-state index contributed by atoms with van der Waals surface area (Å²) < 4.78 is 13.4. The van der Waals surface area contributed by atoms with Gasteiger partial charge in [0.15, 0.2) is 0 Å². The first-order chi connectivity index (χ1) is 8.16. The van der Waals surface area contributed by atoms with Crippen LogP contribution in [0.1, 0.15) is 12.0 Å². The van der Waals surface area contributed by atoms with Crippen LogP contribution in [-0.4, -0.2) is 25.0 Å². The average Bonchev–Trinajstić information content (AvgIpc) is 2.76. The Bertz CT molecular complexity index is 399. The van der Waals surface area contributed by atoms with Crippen molar-refractivity contribution in [1.82, 2.24) is 10.6 Å². The quantitative estimate of drug-likeness (QED) is 0.861. The molecular weight excluding hydrogens is 243 g/mol. The minimum absolute atomic E-state index is 0.0119. The molecule has 1 atom stereocenters. The third-order valence-corrected chi connectivity index (χ3v) is 3.18. The molecule has 92 valence electrons. The Morgan fingerprint density at radius 2 is 2.41 bits per heavy atom. The fourth-order valence-corrected chi connectivity index (χ4v) is 2.15. The fraction of sp³-hybridized carbons (Fsp3) is 0.417. The van der Waals surface area contributed by atoms with Gasteiger partial charge in [0.2, 0.25) is 5.91 Å². The van der Waals surface area contributed by atoms with E-state index >= 15 is 0 Å². The van der Waals surface area contributed by atoms with Crippen LogP contribution in [0, 0.1) is 5.82 Å². The van der Waals surface area contributed by atoms with Gasteiger partial charge in [0.1, 0.15) is 5.82 Å². The standard InChI is InChI=1S/C12H14ClFN2O/c13-10-2-1-3-11(14)9(10)6-12(17)16-8-4-5-15-7-8/h1-3,8,15H,4-7H2,(H,16,17)/t8-/m1/s1. The predicted octanol–water partition coefficient (Wildman–Crippen LogP) is 1.50. The van der Waals surface area contributed by atoms with Crippen molar-refractivity contribution in [1.29, 1.82) is 0 Å². The number of carbonyl (C=O) groups excluding carboxylic acids is 1. The van der Waals surface area contributed by atoms with Crippen LogP contribution >= 0.6 is 11.6 Å². The highest BCUT2D eigenvalue weighted by Gasteiger charge is 2.18. The van der Waals surface area contributed by atoms with Crippen LogP contribution in [0.2, 0.25) is 5.02 Å². The molecule has 1 saturated heterocycles. The second kappa shape index (κ2) is 5.47. The van der Waals surface area contributed by atoms with Crippen LogP contribution in [0.15, 0.2) is 18.2 Å². The molecule has 2 N–H and O–H groups in total. The summed E-state index contributed by atoms with van der Waals surface area (Å²) in [5.74, 6) is -0.622. The highest BCUT2D eigenvalue weighted by atomic mass is 35.5. The third-order valence-electron chi connectivity index (χ3n) is 2.82. The van der Waals surface area contributed by atoms with Gasteiger partial charge in [-0.3, -0.25) is 4.79 Å². The molecule has 17 heavy (non-hydrogen) atoms. The van der Waals surface area contributed by atoms with Gasteiger partial charge in [-0.15, -0.1) is 0 Å². The minimum atomic E-state index is -0.433. The van der Waals surface area contributed by atoms with Crippen LogP contribution in [0.5, 0.6) is 0 Å². The maximum Gasteiger partial charge on any atom is 0.224 e. The van der Waals surface area contributed by atoms with Gasteiger partial charge in [0.25, 0.3) is 0 Å². The Hall–Kier alpha value is -1.13. The molecule has 0 aromatic heterocycles. The summed E-state index contributed by atoms with van der Waals surface area (Å²) in [4.78, 5) is 11.7. The number of hydrogen-bond donors (Lipinski definition) is 2. The second-order valence-electron chi connectivity index (χ2n) is 4.13. The van der Waals surface area contributed by atoms with E-state index in [0.29, 0.717) is 5.02 Å². The highest BCUT2D eigenvalue weighted by molar-refractivity contribution is 6.31. The normalized spacial score (nSPS) is 19.3. The molecule has 0 unspecified atom stereocenters. The van der Waals surface area contributed by atoms with E-state index in [9.17, 15) is 9.18 Å². The monoisotopic (exact) mass is 256 g/mol. The molecule has 1 aliphatic rings. The number of rotatable bonds is 3. The SMILES string of the molecule is O=C(Cc1c(F)cccc1Cl)N[C@@H]1CCNC1. The molecule has 1 aliphatic heterocycles. The predicted molar refractivity (Wildman–Crippen MR) is 64.5 cm³/mol. The molecular formula is C12H14ClFN2O. The summed E-state index contributed by atoms with van der Waals surface area (Å²) in [5.41, 5.74) is 0.262. The van der Waals surface area contributed by atoms with Gasteiger partial charge >= 0.3 is 0 Å². The summed E-state index contributed by atoms with van der Waals surface area (Å²) in [6.07, 6.45) is 0.902. The van der Waals surface area contributed by atoms with Gasteiger partial charge in [-0.05, 0) is 25.1 Å². The third kappa shape index (κ3) is 3.17. The number of halogens is 2. The van der Waals surface area contributed by atoms with E-state index in [0.717, 1.165) is 19.5 Å². The van der Waals surface area contributed by atoms with Crippen LogP contribution < -0.4 is 10.6 Å². The lowest BCUT2D eigenvalue weighted by Crippen LogP contribution is -2.37. The number of hydrogen-bond acceptors (Lipinski definition) is 2. The van der Waals surface area contributed by atoms with Gasteiger partial charge < -0.3 is 10.6 Å². The number of benzene rings is 1. The van der Waals surface area contributed by atoms with Gasteiger partial charge in [-0.1, -0.05) is 17.7 Å². The first kappa shape index (κ1) is 12.3. The Morgan fingerprint density at radius 1 is 1.59 bits per heavy atom. The summed E-state index contributed by atoms with van der Waals surface area (Å²) in [6.45, 7) is 1.68. The molecule has 1 fully saturated rings. The molecule has 5 heteroatoms. The average molecular weight is 257 g/mol. The summed E-state index contributed by atoms with van der Waals surface area (Å²) in [6, 6.07) is 4.57. The van der Waals surface area contributed by atoms with Crippen molar-refractivity contribution in [3.63, 3.8) is 0 Å². The van der Waals surface area contributed by atoms with E-state index in [2.05, 4.69) is 10.6 Å². The molecule has 0 saturated carbocycles. The summed E-state index contributed by atoms with van der Waals surface area (Å²) in [5, 5.41) is 6.30. The topological polar surface area (TPSA) is 41.1 Å². The molecule has 0 spiro atoms. The molecule has 1 aromatic carbocycles. The molecule has 0 aliphatic carbocycles. The second-order valence-corrected chi connectivity index (χ2v) is 4.54. The van der Waals surface area contributed by atoms with Gasteiger partial charge in [-0.25, -0.2) is 4.39 Å². The summed E-state index contributed by atoms with van der Waals surface area (Å²) >= 11 is 5.86. The smallest absolute Gasteiger partial charge is 0.224 e. The zero-order valence-corrected chi connectivity index (χ0v) is 10.1. The van der Waals surface area contributed by atoms with Crippen molar-refractivity contribution < 1.29 is 9.18 Å². The molecule has 0 bridgehead atoms. The van der Waals surface area contributed by atoms with Crippen LogP contribution in [0.4, 0.5) is 4.39 Å². The number of amides is 1. The zero-order valence-electron chi connectivity index (χ0n) is 9.30. The van der Waals surface area contributed by atoms with Crippen LogP contribution in [-0.2, 0) is 11.2 Å². The van der Waals surface area contributed by atoms with Gasteiger partial charge in [-0.2, -0.15) is 0 Å². The Balaban J connectivity index is 1.97. The maximum atomic E-state index is 13.4. The van der Waals surface area contributed by atoms with E-state index in [-0.39, 0.29) is 23.9 Å². The highest BCUT2D eigenvalue weighted by Crippen LogP contribution is 2.19. The van der Waals surface area contributed by atoms with Crippen molar-refractivity contribution in [2.24, 2.45) is 0 Å². The number of nitrogens with one attached hydrogen (secondary N) is 2. The Morgan fingerprint density at radius 3 is 3.06 bits per heavy atom. The van der Waals surface area contributed by atoms with Crippen molar-refractivity contribution in [3.05, 3.63) is 34.6 Å². The number of carbonyl (C=O) groups is 1. The zero-order chi connectivity index (χ0) is 12.3. The first-order valence-electron chi connectivity index (χ1n) is 5.60. The van der Waals surface area contributed by atoms with Crippen molar-refractivity contribution in [2.45, 2.75) is 18.9 Å². The minimum Gasteiger partial charge on any atom is -0.352 e. The van der Waals surface area contributed by atoms with E-state index in [1.807, 2.05) is 0 Å². The lowest BCUT2D eigenvalue weighted by Gasteiger charge is -2.12. The Kier molecular flexibility index (Phi) is 3.97. The van der Waals surface area contributed by atoms with Crippen molar-refractivity contribution in [2.75, 3.05) is 13.1 Å². The first-order valence-corrected chi connectivity index (χ1v) is 5.97. The van der Waals surface area contributed by atoms with Crippen molar-refractivity contribution in [3.8, 4) is 0 Å². The molecule has 2 rings (SSSR count). The van der Waals surface area contributed by atoms with E-state index in [1.54, 1.807) is 6.07 Å². The molecule has 3 nitrogen and oxygen atoms in total. The van der Waals surface area contributed by atoms with Crippen molar-refractivity contribution >= 4 is 17.5 Å². The Labute approximate surface area is 104 Å². The maximum absolute atomic E-state index is 13.4. The van der Waals surface area contributed by atoms with E-state index in [4.69, 9.17) is 11.6 Å². The fourth-order valence-electron chi connectivity index (χ4n) is 1.92. The molecule has 0 radical (unpaired) electrons. The van der Waals surface area contributed by atoms with Crippen LogP contribution in [0.25, 0.3) is 0 Å².